The van der Waals surface area contributed by atoms with Crippen LogP contribution in [0.15, 0.2) is 59.1 Å². The number of carbonyl (C=O) groups is 1. The summed E-state index contributed by atoms with van der Waals surface area (Å²) in [5.41, 5.74) is 1.65. The largest absolute Gasteiger partial charge is 0.490 e. The Balaban J connectivity index is 1.29. The fourth-order valence-electron chi connectivity index (χ4n) is 4.10. The Morgan fingerprint density at radius 3 is 2.08 bits per heavy atom. The van der Waals surface area contributed by atoms with Crippen LogP contribution in [0.5, 0.6) is 17.6 Å². The van der Waals surface area contributed by atoms with Crippen molar-refractivity contribution in [1.82, 2.24) is 10.3 Å². The van der Waals surface area contributed by atoms with Gasteiger partial charge in [0, 0.05) is 30.7 Å². The standard InChI is InChI=1S/C29H36N2O5/c1-7-22-18-30-27(34-22)35-24-14-10-20(11-15-24)29(5,6)19-8-12-23(13-9-19)33-25-16-21(17-25)31-26(32)36-28(2,3)4/h8-15,18,21,25H,7,16-17H2,1-6H3,(H,31,32). The molecule has 4 rings (SSSR count). The Kier molecular flexibility index (Phi) is 7.29. The minimum atomic E-state index is -0.495. The predicted molar refractivity (Wildman–Crippen MR) is 138 cm³/mol. The summed E-state index contributed by atoms with van der Waals surface area (Å²) in [6.07, 6.45) is 3.98. The van der Waals surface area contributed by atoms with Gasteiger partial charge in [0.25, 0.3) is 0 Å². The smallest absolute Gasteiger partial charge is 0.407 e. The summed E-state index contributed by atoms with van der Waals surface area (Å²) in [6, 6.07) is 16.3. The van der Waals surface area contributed by atoms with E-state index in [1.54, 1.807) is 6.20 Å². The second kappa shape index (κ2) is 10.2. The fourth-order valence-corrected chi connectivity index (χ4v) is 4.10. The molecule has 1 aliphatic rings. The molecule has 0 atom stereocenters. The summed E-state index contributed by atoms with van der Waals surface area (Å²) < 4.78 is 22.7. The number of rotatable bonds is 8. The highest BCUT2D eigenvalue weighted by molar-refractivity contribution is 5.68. The van der Waals surface area contributed by atoms with E-state index in [-0.39, 0.29) is 29.7 Å². The van der Waals surface area contributed by atoms with Gasteiger partial charge in [-0.3, -0.25) is 0 Å². The van der Waals surface area contributed by atoms with Crippen LogP contribution >= 0.6 is 0 Å². The van der Waals surface area contributed by atoms with Crippen molar-refractivity contribution in [1.29, 1.82) is 0 Å². The van der Waals surface area contributed by atoms with E-state index in [0.29, 0.717) is 5.75 Å². The topological polar surface area (TPSA) is 82.8 Å². The third kappa shape index (κ3) is 6.39. The molecule has 0 saturated heterocycles. The van der Waals surface area contributed by atoms with E-state index in [0.717, 1.165) is 30.8 Å². The van der Waals surface area contributed by atoms with E-state index in [1.165, 1.54) is 11.1 Å². The van der Waals surface area contributed by atoms with Gasteiger partial charge in [0.1, 0.15) is 29.0 Å². The zero-order valence-electron chi connectivity index (χ0n) is 22.0. The number of hydrogen-bond donors (Lipinski definition) is 1. The third-order valence-electron chi connectivity index (χ3n) is 6.36. The van der Waals surface area contributed by atoms with Crippen molar-refractivity contribution in [3.63, 3.8) is 0 Å². The Hall–Kier alpha value is -3.48. The number of ether oxygens (including phenoxy) is 3. The summed E-state index contributed by atoms with van der Waals surface area (Å²) in [5.74, 6) is 2.31. The van der Waals surface area contributed by atoms with Gasteiger partial charge in [-0.15, -0.1) is 0 Å². The number of aromatic nitrogens is 1. The highest BCUT2D eigenvalue weighted by atomic mass is 16.6. The molecule has 1 heterocycles. The second-order valence-electron chi connectivity index (χ2n) is 10.8. The average molecular weight is 493 g/mol. The molecule has 1 aliphatic carbocycles. The monoisotopic (exact) mass is 492 g/mol. The summed E-state index contributed by atoms with van der Waals surface area (Å²) in [5, 5.41) is 2.90. The summed E-state index contributed by atoms with van der Waals surface area (Å²) in [4.78, 5) is 16.0. The molecular weight excluding hydrogens is 456 g/mol. The van der Waals surface area contributed by atoms with Gasteiger partial charge in [-0.05, 0) is 56.2 Å². The van der Waals surface area contributed by atoms with Gasteiger partial charge in [0.15, 0.2) is 0 Å². The molecule has 7 nitrogen and oxygen atoms in total. The maximum Gasteiger partial charge on any atom is 0.407 e. The SMILES string of the molecule is CCc1cnc(Oc2ccc(C(C)(C)c3ccc(OC4CC(NC(=O)OC(C)(C)C)C4)cc3)cc2)o1. The molecule has 0 bridgehead atoms. The van der Waals surface area contributed by atoms with Gasteiger partial charge >= 0.3 is 12.2 Å². The molecule has 192 valence electrons. The quantitative estimate of drug-likeness (QED) is 0.373. The van der Waals surface area contributed by atoms with Gasteiger partial charge in [-0.1, -0.05) is 45.0 Å². The van der Waals surface area contributed by atoms with Crippen molar-refractivity contribution in [3.8, 4) is 17.6 Å². The minimum absolute atomic E-state index is 0.0901. The molecule has 1 fully saturated rings. The van der Waals surface area contributed by atoms with Crippen molar-refractivity contribution in [3.05, 3.63) is 71.6 Å². The maximum absolute atomic E-state index is 11.9. The first kappa shape index (κ1) is 25.6. The van der Waals surface area contributed by atoms with Gasteiger partial charge in [0.05, 0.1) is 6.20 Å². The Bertz CT molecular complexity index is 1150. The van der Waals surface area contributed by atoms with Crippen molar-refractivity contribution < 1.29 is 23.4 Å². The molecule has 3 aromatic rings. The number of hydrogen-bond acceptors (Lipinski definition) is 6. The van der Waals surface area contributed by atoms with E-state index in [2.05, 4.69) is 48.4 Å². The molecule has 0 spiro atoms. The zero-order valence-corrected chi connectivity index (χ0v) is 22.0. The van der Waals surface area contributed by atoms with E-state index >= 15 is 0 Å². The number of nitrogens with one attached hydrogen (secondary N) is 1. The Morgan fingerprint density at radius 1 is 0.972 bits per heavy atom. The number of aryl methyl sites for hydroxylation is 1. The van der Waals surface area contributed by atoms with Crippen LogP contribution < -0.4 is 14.8 Å². The number of carbonyl (C=O) groups excluding carboxylic acids is 1. The minimum Gasteiger partial charge on any atom is -0.490 e. The first-order valence-corrected chi connectivity index (χ1v) is 12.5. The van der Waals surface area contributed by atoms with Crippen LogP contribution in [0.2, 0.25) is 0 Å². The van der Waals surface area contributed by atoms with Crippen molar-refractivity contribution in [2.45, 2.75) is 84.0 Å². The lowest BCUT2D eigenvalue weighted by atomic mass is 9.78. The predicted octanol–water partition coefficient (Wildman–Crippen LogP) is 6.79. The molecule has 2 aromatic carbocycles. The molecule has 1 amide bonds. The van der Waals surface area contributed by atoms with Gasteiger partial charge in [0.2, 0.25) is 0 Å². The van der Waals surface area contributed by atoms with E-state index in [4.69, 9.17) is 18.6 Å². The van der Waals surface area contributed by atoms with Crippen LogP contribution in [0.1, 0.15) is 71.3 Å². The van der Waals surface area contributed by atoms with Crippen LogP contribution in [-0.4, -0.2) is 28.8 Å². The Morgan fingerprint density at radius 2 is 1.56 bits per heavy atom. The van der Waals surface area contributed by atoms with Crippen LogP contribution in [0, 0.1) is 0 Å². The second-order valence-corrected chi connectivity index (χ2v) is 10.8. The first-order valence-electron chi connectivity index (χ1n) is 12.5. The van der Waals surface area contributed by atoms with Crippen LogP contribution in [0.25, 0.3) is 0 Å². The lowest BCUT2D eigenvalue weighted by molar-refractivity contribution is 0.0363. The summed E-state index contributed by atoms with van der Waals surface area (Å²) >= 11 is 0. The van der Waals surface area contributed by atoms with Gasteiger partial charge < -0.3 is 23.9 Å². The van der Waals surface area contributed by atoms with Crippen molar-refractivity contribution >= 4 is 6.09 Å². The average Bonchev–Trinajstić information content (AvgIpc) is 3.25. The van der Waals surface area contributed by atoms with Gasteiger partial charge in [-0.25, -0.2) is 4.79 Å². The number of amides is 1. The molecular formula is C29H36N2O5. The third-order valence-corrected chi connectivity index (χ3v) is 6.36. The number of nitrogens with zero attached hydrogens (tertiary/aromatic N) is 1. The van der Waals surface area contributed by atoms with E-state index < -0.39 is 5.60 Å². The highest BCUT2D eigenvalue weighted by Gasteiger charge is 2.33. The molecule has 1 saturated carbocycles. The fraction of sp³-hybridized carbons (Fsp3) is 0.448. The van der Waals surface area contributed by atoms with Crippen LogP contribution in [0.3, 0.4) is 0 Å². The number of benzene rings is 2. The number of oxazole rings is 1. The van der Waals surface area contributed by atoms with Crippen molar-refractivity contribution in [2.75, 3.05) is 0 Å². The number of alkyl carbamates (subject to hydrolysis) is 1. The molecule has 0 aliphatic heterocycles. The molecule has 0 unspecified atom stereocenters. The maximum atomic E-state index is 11.9. The lowest BCUT2D eigenvalue weighted by Gasteiger charge is -2.36. The highest BCUT2D eigenvalue weighted by Crippen LogP contribution is 2.35. The van der Waals surface area contributed by atoms with Crippen molar-refractivity contribution in [2.24, 2.45) is 0 Å². The van der Waals surface area contributed by atoms with E-state index in [1.807, 2.05) is 52.0 Å². The zero-order chi connectivity index (χ0) is 25.9. The molecule has 7 heteroatoms. The van der Waals surface area contributed by atoms with Crippen LogP contribution in [-0.2, 0) is 16.6 Å². The molecule has 1 aromatic heterocycles. The summed E-state index contributed by atoms with van der Waals surface area (Å²) in [7, 11) is 0. The Labute approximate surface area is 213 Å². The lowest BCUT2D eigenvalue weighted by Crippen LogP contribution is -2.50. The van der Waals surface area contributed by atoms with E-state index in [9.17, 15) is 4.79 Å². The first-order chi connectivity index (χ1) is 17.0. The summed E-state index contributed by atoms with van der Waals surface area (Å²) in [6.45, 7) is 12.0. The molecule has 0 radical (unpaired) electrons. The van der Waals surface area contributed by atoms with Gasteiger partial charge in [-0.2, -0.15) is 4.98 Å². The molecule has 1 N–H and O–H groups in total. The normalized spacial score (nSPS) is 17.7. The van der Waals surface area contributed by atoms with Crippen LogP contribution in [0.4, 0.5) is 4.79 Å². The molecule has 36 heavy (non-hydrogen) atoms.